The molecule has 0 spiro atoms. The maximum absolute atomic E-state index is 15.4. The molecule has 0 saturated carbocycles. The second-order valence-corrected chi connectivity index (χ2v) is 13.0. The number of nitrogens with zero attached hydrogens (tertiary/aromatic N) is 6. The summed E-state index contributed by atoms with van der Waals surface area (Å²) in [6, 6.07) is 8.71. The number of fused-ring (bicyclic) bond motifs is 2. The number of ether oxygens (including phenoxy) is 1. The van der Waals surface area contributed by atoms with E-state index in [2.05, 4.69) is 20.5 Å². The standard InChI is InChI=1S/C33H36FN7O3/c1-8-23-24(9-10-35-29(23)41-31(43)28-19(15-36-41)11-21(13-25(28)34)32(2,3)4)20-12-26(30(42)39(7)16-20)37-27-14-22-17-44-33(5,6)18-40(22)38-27/h9-16H,8,17-18H2,1-7H3,(H,37,38). The lowest BCUT2D eigenvalue weighted by Crippen LogP contribution is -2.36. The van der Waals surface area contributed by atoms with E-state index in [1.807, 2.05) is 64.4 Å². The van der Waals surface area contributed by atoms with Gasteiger partial charge in [0.25, 0.3) is 11.1 Å². The average Bonchev–Trinajstić information content (AvgIpc) is 3.34. The number of aryl methyl sites for hydroxylation is 1. The summed E-state index contributed by atoms with van der Waals surface area (Å²) >= 11 is 0. The summed E-state index contributed by atoms with van der Waals surface area (Å²) < 4.78 is 25.8. The second-order valence-electron chi connectivity index (χ2n) is 13.0. The number of aromatic nitrogens is 6. The van der Waals surface area contributed by atoms with Crippen LogP contribution in [0.5, 0.6) is 0 Å². The van der Waals surface area contributed by atoms with Crippen LogP contribution in [0.1, 0.15) is 58.4 Å². The van der Waals surface area contributed by atoms with E-state index in [1.54, 1.807) is 25.5 Å². The van der Waals surface area contributed by atoms with E-state index in [0.29, 0.717) is 42.3 Å². The molecule has 11 heteroatoms. The number of pyridine rings is 2. The van der Waals surface area contributed by atoms with Gasteiger partial charge in [-0.2, -0.15) is 14.9 Å². The summed E-state index contributed by atoms with van der Waals surface area (Å²) in [7, 11) is 1.68. The highest BCUT2D eigenvalue weighted by molar-refractivity contribution is 5.83. The summed E-state index contributed by atoms with van der Waals surface area (Å²) in [6.45, 7) is 13.0. The van der Waals surface area contributed by atoms with Crippen LogP contribution < -0.4 is 16.4 Å². The van der Waals surface area contributed by atoms with Gasteiger partial charge in [-0.05, 0) is 61.1 Å². The van der Waals surface area contributed by atoms with Crippen molar-refractivity contribution in [2.45, 2.75) is 72.1 Å². The van der Waals surface area contributed by atoms with Gasteiger partial charge in [-0.1, -0.05) is 27.7 Å². The van der Waals surface area contributed by atoms with E-state index in [-0.39, 0.29) is 22.0 Å². The van der Waals surface area contributed by atoms with Crippen LogP contribution in [0.4, 0.5) is 15.9 Å². The maximum atomic E-state index is 15.4. The lowest BCUT2D eigenvalue weighted by molar-refractivity contribution is -0.0660. The van der Waals surface area contributed by atoms with Crippen molar-refractivity contribution in [3.63, 3.8) is 0 Å². The van der Waals surface area contributed by atoms with E-state index in [4.69, 9.17) is 4.74 Å². The van der Waals surface area contributed by atoms with Crippen molar-refractivity contribution >= 4 is 22.3 Å². The Labute approximate surface area is 254 Å². The molecule has 0 fully saturated rings. The first-order valence-electron chi connectivity index (χ1n) is 14.6. The third-order valence-corrected chi connectivity index (χ3v) is 8.05. The molecular formula is C33H36FN7O3. The molecule has 5 heterocycles. The highest BCUT2D eigenvalue weighted by Gasteiger charge is 2.27. The van der Waals surface area contributed by atoms with Gasteiger partial charge in [0.1, 0.15) is 11.5 Å². The zero-order chi connectivity index (χ0) is 31.6. The van der Waals surface area contributed by atoms with Gasteiger partial charge < -0.3 is 14.6 Å². The van der Waals surface area contributed by atoms with Crippen LogP contribution in [-0.2, 0) is 36.8 Å². The smallest absolute Gasteiger partial charge is 0.283 e. The monoisotopic (exact) mass is 597 g/mol. The Morgan fingerprint density at radius 1 is 1.11 bits per heavy atom. The van der Waals surface area contributed by atoms with Crippen LogP contribution in [0.3, 0.4) is 0 Å². The minimum atomic E-state index is -0.590. The molecule has 1 aromatic carbocycles. The zero-order valence-corrected chi connectivity index (χ0v) is 26.0. The number of rotatable bonds is 5. The molecule has 6 rings (SSSR count). The summed E-state index contributed by atoms with van der Waals surface area (Å²) in [6.07, 6.45) is 5.34. The number of nitrogens with one attached hydrogen (secondary N) is 1. The minimum Gasteiger partial charge on any atom is -0.367 e. The van der Waals surface area contributed by atoms with Gasteiger partial charge in [0, 0.05) is 42.0 Å². The van der Waals surface area contributed by atoms with E-state index in [1.165, 1.54) is 16.8 Å². The molecule has 10 nitrogen and oxygen atoms in total. The van der Waals surface area contributed by atoms with Gasteiger partial charge in [0.05, 0.1) is 36.0 Å². The highest BCUT2D eigenvalue weighted by Crippen LogP contribution is 2.31. The van der Waals surface area contributed by atoms with Gasteiger partial charge >= 0.3 is 0 Å². The molecule has 0 aliphatic carbocycles. The molecule has 1 N–H and O–H groups in total. The van der Waals surface area contributed by atoms with E-state index >= 15 is 4.39 Å². The lowest BCUT2D eigenvalue weighted by Gasteiger charge is -2.30. The average molecular weight is 598 g/mol. The molecule has 1 aliphatic rings. The summed E-state index contributed by atoms with van der Waals surface area (Å²) in [5.41, 5.74) is 2.86. The third-order valence-electron chi connectivity index (χ3n) is 8.05. The number of hydrogen-bond donors (Lipinski definition) is 1. The number of halogens is 1. The van der Waals surface area contributed by atoms with Crippen LogP contribution >= 0.6 is 0 Å². The van der Waals surface area contributed by atoms with E-state index in [0.717, 1.165) is 32.6 Å². The Morgan fingerprint density at radius 2 is 1.89 bits per heavy atom. The molecule has 0 radical (unpaired) electrons. The SMILES string of the molecule is CCc1c(-c2cc(Nc3cc4n(n3)CC(C)(C)OC4)c(=O)n(C)c2)ccnc1-n1ncc2cc(C(C)(C)C)cc(F)c2c1=O. The summed E-state index contributed by atoms with van der Waals surface area (Å²) in [5, 5.41) is 12.7. The molecule has 0 amide bonds. The minimum absolute atomic E-state index is 0.0348. The lowest BCUT2D eigenvalue weighted by atomic mass is 9.86. The largest absolute Gasteiger partial charge is 0.367 e. The van der Waals surface area contributed by atoms with Gasteiger partial charge in [0.15, 0.2) is 11.6 Å². The van der Waals surface area contributed by atoms with Gasteiger partial charge in [0.2, 0.25) is 0 Å². The number of anilines is 2. The first kappa shape index (κ1) is 29.4. The first-order valence-corrected chi connectivity index (χ1v) is 14.6. The van der Waals surface area contributed by atoms with Crippen molar-refractivity contribution in [2.24, 2.45) is 7.05 Å². The van der Waals surface area contributed by atoms with Crippen LogP contribution in [-0.4, -0.2) is 34.7 Å². The normalized spacial score (nSPS) is 14.5. The van der Waals surface area contributed by atoms with E-state index < -0.39 is 11.4 Å². The maximum Gasteiger partial charge on any atom is 0.283 e. The fourth-order valence-corrected chi connectivity index (χ4v) is 5.63. The van der Waals surface area contributed by atoms with Crippen LogP contribution in [0.2, 0.25) is 0 Å². The Morgan fingerprint density at radius 3 is 2.61 bits per heavy atom. The Hall–Kier alpha value is -4.64. The molecule has 0 saturated heterocycles. The number of benzene rings is 1. The Bertz CT molecular complexity index is 2050. The topological polar surface area (TPSA) is 109 Å². The molecule has 1 aliphatic heterocycles. The molecule has 44 heavy (non-hydrogen) atoms. The third kappa shape index (κ3) is 5.21. The second kappa shape index (κ2) is 10.5. The molecular weight excluding hydrogens is 561 g/mol. The quantitative estimate of drug-likeness (QED) is 0.289. The zero-order valence-electron chi connectivity index (χ0n) is 26.0. The Balaban J connectivity index is 1.43. The fraction of sp³-hybridized carbons (Fsp3) is 0.364. The molecule has 0 unspecified atom stereocenters. The van der Waals surface area contributed by atoms with Crippen molar-refractivity contribution in [3.8, 4) is 16.9 Å². The predicted molar refractivity (Wildman–Crippen MR) is 168 cm³/mol. The predicted octanol–water partition coefficient (Wildman–Crippen LogP) is 5.39. The highest BCUT2D eigenvalue weighted by atomic mass is 19.1. The van der Waals surface area contributed by atoms with Gasteiger partial charge in [-0.3, -0.25) is 14.3 Å². The van der Waals surface area contributed by atoms with E-state index in [9.17, 15) is 9.59 Å². The summed E-state index contributed by atoms with van der Waals surface area (Å²) in [5.74, 6) is 0.266. The van der Waals surface area contributed by atoms with Gasteiger partial charge in [-0.25, -0.2) is 9.37 Å². The fourth-order valence-electron chi connectivity index (χ4n) is 5.63. The van der Waals surface area contributed by atoms with Crippen molar-refractivity contribution in [3.05, 3.63) is 92.3 Å². The van der Waals surface area contributed by atoms with Crippen LogP contribution in [0.15, 0.2) is 58.5 Å². The van der Waals surface area contributed by atoms with Crippen LogP contribution in [0.25, 0.3) is 27.7 Å². The summed E-state index contributed by atoms with van der Waals surface area (Å²) in [4.78, 5) is 31.3. The number of hydrogen-bond acceptors (Lipinski definition) is 7. The van der Waals surface area contributed by atoms with Crippen molar-refractivity contribution in [2.75, 3.05) is 5.32 Å². The molecule has 0 bridgehead atoms. The molecule has 5 aromatic rings. The van der Waals surface area contributed by atoms with Crippen molar-refractivity contribution in [1.82, 2.24) is 29.1 Å². The van der Waals surface area contributed by atoms with Crippen molar-refractivity contribution in [1.29, 1.82) is 0 Å². The Kier molecular flexibility index (Phi) is 7.03. The molecule has 228 valence electrons. The van der Waals surface area contributed by atoms with Gasteiger partial charge in [-0.15, -0.1) is 0 Å². The molecule has 0 atom stereocenters. The van der Waals surface area contributed by atoms with Crippen molar-refractivity contribution < 1.29 is 9.13 Å². The van der Waals surface area contributed by atoms with Crippen LogP contribution in [0, 0.1) is 5.82 Å². The molecule has 4 aromatic heterocycles. The first-order chi connectivity index (χ1) is 20.8.